The van der Waals surface area contributed by atoms with Crippen molar-refractivity contribution < 1.29 is 9.63 Å². The Bertz CT molecular complexity index is 696. The maximum absolute atomic E-state index is 12.2. The molecule has 0 aliphatic carbocycles. The molecule has 1 heterocycles. The highest BCUT2D eigenvalue weighted by atomic mass is 16.6. The summed E-state index contributed by atoms with van der Waals surface area (Å²) in [4.78, 5) is 19.1. The molecule has 1 amide bonds. The summed E-state index contributed by atoms with van der Waals surface area (Å²) < 4.78 is 1.67. The summed E-state index contributed by atoms with van der Waals surface area (Å²) in [6, 6.07) is 11.3. The summed E-state index contributed by atoms with van der Waals surface area (Å²) >= 11 is 0. The van der Waals surface area contributed by atoms with E-state index in [1.807, 2.05) is 49.3 Å². The third-order valence-electron chi connectivity index (χ3n) is 3.18. The molecule has 6 heteroatoms. The number of hydrogen-bond acceptors (Lipinski definition) is 4. The number of amides is 1. The predicted octanol–water partition coefficient (Wildman–Crippen LogP) is 2.10. The number of nitriles is 1. The lowest BCUT2D eigenvalue weighted by Gasteiger charge is -2.14. The van der Waals surface area contributed by atoms with Gasteiger partial charge in [0.15, 0.2) is 0 Å². The quantitative estimate of drug-likeness (QED) is 0.858. The number of hydrogen-bond donors (Lipinski definition) is 1. The molecule has 0 radical (unpaired) electrons. The van der Waals surface area contributed by atoms with E-state index in [4.69, 9.17) is 4.84 Å². The first-order chi connectivity index (χ1) is 10.6. The van der Waals surface area contributed by atoms with Crippen LogP contribution in [0.15, 0.2) is 36.5 Å². The van der Waals surface area contributed by atoms with Crippen molar-refractivity contribution in [2.45, 2.75) is 6.92 Å². The molecule has 0 aliphatic rings. The molecule has 2 aromatic rings. The normalized spacial score (nSPS) is 10.1. The molecule has 0 unspecified atom stereocenters. The maximum atomic E-state index is 12.2. The van der Waals surface area contributed by atoms with Crippen molar-refractivity contribution in [3.8, 4) is 11.8 Å². The van der Waals surface area contributed by atoms with Gasteiger partial charge in [-0.15, -0.1) is 0 Å². The van der Waals surface area contributed by atoms with Gasteiger partial charge in [0.1, 0.15) is 11.8 Å². The van der Waals surface area contributed by atoms with Gasteiger partial charge in [0.05, 0.1) is 12.2 Å². The summed E-state index contributed by atoms with van der Waals surface area (Å²) in [5.74, 6) is -0.444. The zero-order valence-corrected chi connectivity index (χ0v) is 12.8. The van der Waals surface area contributed by atoms with Gasteiger partial charge in [-0.2, -0.15) is 5.26 Å². The summed E-state index contributed by atoms with van der Waals surface area (Å²) in [5.41, 5.74) is 4.74. The van der Waals surface area contributed by atoms with Crippen LogP contribution in [0.5, 0.6) is 0 Å². The highest BCUT2D eigenvalue weighted by Gasteiger charge is 2.18. The van der Waals surface area contributed by atoms with E-state index in [9.17, 15) is 10.1 Å². The Hall–Kier alpha value is -2.78. The molecule has 2 rings (SSSR count). The van der Waals surface area contributed by atoms with Crippen LogP contribution in [0.2, 0.25) is 0 Å². The fourth-order valence-corrected chi connectivity index (χ4v) is 2.07. The predicted molar refractivity (Wildman–Crippen MR) is 83.9 cm³/mol. The lowest BCUT2D eigenvalue weighted by atomic mass is 10.2. The molecule has 0 saturated heterocycles. The molecule has 0 bridgehead atoms. The number of carbonyl (C=O) groups is 1. The SMILES string of the molecule is CCONC(=O)c1c(C#N)ccn1-c1ccc(N(C)C)cc1. The molecule has 0 aliphatic heterocycles. The summed E-state index contributed by atoms with van der Waals surface area (Å²) in [5, 5.41) is 9.18. The zero-order valence-electron chi connectivity index (χ0n) is 12.8. The smallest absolute Gasteiger partial charge is 0.293 e. The fraction of sp³-hybridized carbons (Fsp3) is 0.250. The number of hydroxylamine groups is 1. The van der Waals surface area contributed by atoms with E-state index >= 15 is 0 Å². The second-order valence-corrected chi connectivity index (χ2v) is 4.83. The van der Waals surface area contributed by atoms with Gasteiger partial charge in [0.2, 0.25) is 0 Å². The van der Waals surface area contributed by atoms with Gasteiger partial charge in [-0.1, -0.05) is 0 Å². The second-order valence-electron chi connectivity index (χ2n) is 4.83. The largest absolute Gasteiger partial charge is 0.378 e. The zero-order chi connectivity index (χ0) is 16.1. The van der Waals surface area contributed by atoms with Gasteiger partial charge in [-0.05, 0) is 37.3 Å². The first-order valence-electron chi connectivity index (χ1n) is 6.89. The summed E-state index contributed by atoms with van der Waals surface area (Å²) in [6.07, 6.45) is 1.70. The molecule has 0 spiro atoms. The molecule has 1 N–H and O–H groups in total. The molecule has 0 fully saturated rings. The van der Waals surface area contributed by atoms with Crippen molar-refractivity contribution in [2.24, 2.45) is 0 Å². The number of carbonyl (C=O) groups excluding carboxylic acids is 1. The van der Waals surface area contributed by atoms with E-state index in [-0.39, 0.29) is 5.69 Å². The van der Waals surface area contributed by atoms with Crippen LogP contribution in [0, 0.1) is 11.3 Å². The molecule has 0 saturated carbocycles. The van der Waals surface area contributed by atoms with Crippen LogP contribution >= 0.6 is 0 Å². The van der Waals surface area contributed by atoms with E-state index in [0.29, 0.717) is 12.2 Å². The highest BCUT2D eigenvalue weighted by Crippen LogP contribution is 2.20. The van der Waals surface area contributed by atoms with Crippen LogP contribution in [0.25, 0.3) is 5.69 Å². The highest BCUT2D eigenvalue weighted by molar-refractivity contribution is 5.95. The average molecular weight is 298 g/mol. The molecular weight excluding hydrogens is 280 g/mol. The van der Waals surface area contributed by atoms with E-state index in [0.717, 1.165) is 11.4 Å². The number of benzene rings is 1. The van der Waals surface area contributed by atoms with Gasteiger partial charge in [-0.3, -0.25) is 9.63 Å². The number of anilines is 1. The van der Waals surface area contributed by atoms with Crippen molar-refractivity contribution in [3.05, 3.63) is 47.8 Å². The van der Waals surface area contributed by atoms with E-state index in [1.54, 1.807) is 23.8 Å². The van der Waals surface area contributed by atoms with Gasteiger partial charge in [0.25, 0.3) is 5.91 Å². The minimum atomic E-state index is -0.444. The Morgan fingerprint density at radius 1 is 1.32 bits per heavy atom. The standard InChI is InChI=1S/C16H18N4O2/c1-4-22-18-16(21)15-12(11-17)9-10-20(15)14-7-5-13(6-8-14)19(2)3/h5-10H,4H2,1-3H3,(H,18,21). The van der Waals surface area contributed by atoms with Gasteiger partial charge < -0.3 is 9.47 Å². The van der Waals surface area contributed by atoms with Crippen LogP contribution in [0.4, 0.5) is 5.69 Å². The summed E-state index contributed by atoms with van der Waals surface area (Å²) in [7, 11) is 3.92. The molecule has 6 nitrogen and oxygen atoms in total. The minimum Gasteiger partial charge on any atom is -0.378 e. The monoisotopic (exact) mass is 298 g/mol. The van der Waals surface area contributed by atoms with Crippen molar-refractivity contribution in [1.82, 2.24) is 10.0 Å². The molecule has 1 aromatic carbocycles. The number of nitrogens with zero attached hydrogens (tertiary/aromatic N) is 3. The Kier molecular flexibility index (Phi) is 4.81. The molecule has 0 atom stereocenters. The van der Waals surface area contributed by atoms with Gasteiger partial charge >= 0.3 is 0 Å². The Balaban J connectivity index is 2.41. The fourth-order valence-electron chi connectivity index (χ4n) is 2.07. The number of rotatable bonds is 5. The Morgan fingerprint density at radius 2 is 2.00 bits per heavy atom. The molecule has 114 valence electrons. The third kappa shape index (κ3) is 3.10. The van der Waals surface area contributed by atoms with E-state index in [2.05, 4.69) is 5.48 Å². The summed E-state index contributed by atoms with van der Waals surface area (Å²) in [6.45, 7) is 2.12. The van der Waals surface area contributed by atoms with Crippen molar-refractivity contribution >= 4 is 11.6 Å². The first kappa shape index (κ1) is 15.6. The average Bonchev–Trinajstić information content (AvgIpc) is 2.96. The van der Waals surface area contributed by atoms with E-state index in [1.165, 1.54) is 0 Å². The molecule has 1 aromatic heterocycles. The topological polar surface area (TPSA) is 70.3 Å². The third-order valence-corrected chi connectivity index (χ3v) is 3.18. The van der Waals surface area contributed by atoms with Crippen LogP contribution in [-0.4, -0.2) is 31.2 Å². The van der Waals surface area contributed by atoms with E-state index < -0.39 is 5.91 Å². The lowest BCUT2D eigenvalue weighted by Crippen LogP contribution is -2.26. The molecule has 22 heavy (non-hydrogen) atoms. The van der Waals surface area contributed by atoms with Crippen molar-refractivity contribution in [3.63, 3.8) is 0 Å². The van der Waals surface area contributed by atoms with Crippen LogP contribution in [0.3, 0.4) is 0 Å². The Morgan fingerprint density at radius 3 is 2.55 bits per heavy atom. The number of aromatic nitrogens is 1. The lowest BCUT2D eigenvalue weighted by molar-refractivity contribution is 0.0358. The van der Waals surface area contributed by atoms with Gasteiger partial charge in [-0.25, -0.2) is 5.48 Å². The van der Waals surface area contributed by atoms with Crippen LogP contribution in [0.1, 0.15) is 23.0 Å². The van der Waals surface area contributed by atoms with Gasteiger partial charge in [0, 0.05) is 31.7 Å². The van der Waals surface area contributed by atoms with Crippen LogP contribution in [-0.2, 0) is 4.84 Å². The first-order valence-corrected chi connectivity index (χ1v) is 6.89. The maximum Gasteiger partial charge on any atom is 0.293 e. The second kappa shape index (κ2) is 6.78. The Labute approximate surface area is 129 Å². The number of nitrogens with one attached hydrogen (secondary N) is 1. The molecular formula is C16H18N4O2. The van der Waals surface area contributed by atoms with Crippen molar-refractivity contribution in [1.29, 1.82) is 5.26 Å². The van der Waals surface area contributed by atoms with Crippen LogP contribution < -0.4 is 10.4 Å². The minimum absolute atomic E-state index is 0.258. The van der Waals surface area contributed by atoms with Crippen molar-refractivity contribution in [2.75, 3.05) is 25.6 Å².